The van der Waals surface area contributed by atoms with Crippen molar-refractivity contribution in [2.75, 3.05) is 0 Å². The maximum atomic E-state index is 11.0. The summed E-state index contributed by atoms with van der Waals surface area (Å²) in [6.07, 6.45) is 1.59. The number of rotatable bonds is 2. The van der Waals surface area contributed by atoms with E-state index in [-0.39, 0.29) is 0 Å². The molecule has 0 amide bonds. The first kappa shape index (κ1) is 9.86. The molecule has 0 aliphatic heterocycles. The van der Waals surface area contributed by atoms with Crippen LogP contribution in [0.15, 0.2) is 33.7 Å². The van der Waals surface area contributed by atoms with Crippen LogP contribution >= 0.6 is 0 Å². The number of hydrogen-bond acceptors (Lipinski definition) is 4. The average molecular weight is 230 g/mol. The van der Waals surface area contributed by atoms with Gasteiger partial charge in [-0.25, -0.2) is 9.78 Å². The van der Waals surface area contributed by atoms with Crippen LogP contribution in [0.2, 0.25) is 0 Å². The largest absolute Gasteiger partial charge is 0.417 e. The Morgan fingerprint density at radius 3 is 3.12 bits per heavy atom. The van der Waals surface area contributed by atoms with Gasteiger partial charge in [-0.3, -0.25) is 4.98 Å². The summed E-state index contributed by atoms with van der Waals surface area (Å²) in [7, 11) is 0. The number of nitrogens with zero attached hydrogens (tertiary/aromatic N) is 1. The van der Waals surface area contributed by atoms with Gasteiger partial charge in [0, 0.05) is 12.1 Å². The van der Waals surface area contributed by atoms with Crippen molar-refractivity contribution in [3.8, 4) is 11.3 Å². The number of imidazole rings is 1. The summed E-state index contributed by atoms with van der Waals surface area (Å²) in [4.78, 5) is 20.8. The van der Waals surface area contributed by atoms with Crippen molar-refractivity contribution < 1.29 is 4.42 Å². The normalized spacial score (nSPS) is 11.1. The van der Waals surface area contributed by atoms with E-state index in [0.717, 1.165) is 17.0 Å². The number of oxazole rings is 1. The summed E-state index contributed by atoms with van der Waals surface area (Å²) < 4.78 is 5.00. The fraction of sp³-hybridized carbons (Fsp3) is 0.0909. The molecule has 0 aliphatic carbocycles. The van der Waals surface area contributed by atoms with Gasteiger partial charge in [-0.1, -0.05) is 6.07 Å². The van der Waals surface area contributed by atoms with Crippen molar-refractivity contribution in [3.05, 3.63) is 40.8 Å². The highest BCUT2D eigenvalue weighted by molar-refractivity contribution is 5.79. The molecule has 1 aromatic carbocycles. The minimum atomic E-state index is -0.460. The van der Waals surface area contributed by atoms with Crippen LogP contribution in [-0.2, 0) is 6.54 Å². The molecule has 0 spiro atoms. The Bertz CT molecular complexity index is 722. The fourth-order valence-corrected chi connectivity index (χ4v) is 1.82. The van der Waals surface area contributed by atoms with Crippen molar-refractivity contribution >= 4 is 11.1 Å². The van der Waals surface area contributed by atoms with Gasteiger partial charge in [0.2, 0.25) is 0 Å². The second-order valence-electron chi connectivity index (χ2n) is 3.66. The van der Waals surface area contributed by atoms with E-state index in [2.05, 4.69) is 15.0 Å². The van der Waals surface area contributed by atoms with E-state index in [1.165, 1.54) is 0 Å². The smallest absolute Gasteiger partial charge is 0.408 e. The Kier molecular flexibility index (Phi) is 2.09. The lowest BCUT2D eigenvalue weighted by atomic mass is 10.1. The first-order valence-corrected chi connectivity index (χ1v) is 5.13. The summed E-state index contributed by atoms with van der Waals surface area (Å²) in [5.74, 6) is -0.460. The highest BCUT2D eigenvalue weighted by Gasteiger charge is 2.09. The molecule has 0 saturated carbocycles. The average Bonchev–Trinajstić information content (AvgIpc) is 2.91. The number of fused-ring (bicyclic) bond motifs is 1. The minimum Gasteiger partial charge on any atom is -0.408 e. The number of nitrogens with one attached hydrogen (secondary N) is 2. The molecule has 0 atom stereocenters. The molecular weight excluding hydrogens is 220 g/mol. The second kappa shape index (κ2) is 3.60. The maximum Gasteiger partial charge on any atom is 0.417 e. The molecule has 86 valence electrons. The molecule has 0 radical (unpaired) electrons. The lowest BCUT2D eigenvalue weighted by molar-refractivity contribution is 0.555. The number of aromatic nitrogens is 3. The third-order valence-electron chi connectivity index (χ3n) is 2.62. The Balaban J connectivity index is 2.20. The number of aromatic amines is 2. The summed E-state index contributed by atoms with van der Waals surface area (Å²) in [6.45, 7) is 0.379. The van der Waals surface area contributed by atoms with Crippen LogP contribution in [0.5, 0.6) is 0 Å². The maximum absolute atomic E-state index is 11.0. The molecule has 4 N–H and O–H groups in total. The highest BCUT2D eigenvalue weighted by Crippen LogP contribution is 2.23. The van der Waals surface area contributed by atoms with E-state index in [1.54, 1.807) is 18.5 Å². The van der Waals surface area contributed by atoms with Crippen molar-refractivity contribution in [2.24, 2.45) is 5.73 Å². The molecule has 0 aliphatic rings. The van der Waals surface area contributed by atoms with E-state index in [1.807, 2.05) is 6.07 Å². The lowest BCUT2D eigenvalue weighted by Gasteiger charge is -1.99. The minimum absolute atomic E-state index is 0.379. The zero-order chi connectivity index (χ0) is 11.8. The van der Waals surface area contributed by atoms with Gasteiger partial charge in [-0.15, -0.1) is 0 Å². The third kappa shape index (κ3) is 1.55. The number of hydrogen-bond donors (Lipinski definition) is 3. The van der Waals surface area contributed by atoms with Crippen LogP contribution in [0.1, 0.15) is 5.69 Å². The Labute approximate surface area is 95.5 Å². The van der Waals surface area contributed by atoms with Gasteiger partial charge in [0.25, 0.3) is 0 Å². The van der Waals surface area contributed by atoms with Crippen molar-refractivity contribution in [1.29, 1.82) is 0 Å². The summed E-state index contributed by atoms with van der Waals surface area (Å²) >= 11 is 0. The van der Waals surface area contributed by atoms with Crippen molar-refractivity contribution in [1.82, 2.24) is 15.0 Å². The molecule has 6 heteroatoms. The van der Waals surface area contributed by atoms with Gasteiger partial charge in [0.15, 0.2) is 5.58 Å². The zero-order valence-corrected chi connectivity index (χ0v) is 8.86. The molecule has 0 saturated heterocycles. The van der Waals surface area contributed by atoms with Crippen LogP contribution in [-0.4, -0.2) is 15.0 Å². The fourth-order valence-electron chi connectivity index (χ4n) is 1.82. The lowest BCUT2D eigenvalue weighted by Crippen LogP contribution is -1.98. The van der Waals surface area contributed by atoms with Crippen LogP contribution in [0, 0.1) is 0 Å². The Hall–Kier alpha value is -2.34. The van der Waals surface area contributed by atoms with Gasteiger partial charge in [-0.2, -0.15) is 0 Å². The number of nitrogens with two attached hydrogens (primary N) is 1. The summed E-state index contributed by atoms with van der Waals surface area (Å²) in [5, 5.41) is 0. The molecule has 0 bridgehead atoms. The van der Waals surface area contributed by atoms with E-state index in [4.69, 9.17) is 10.2 Å². The molecule has 0 fully saturated rings. The molecule has 3 rings (SSSR count). The number of benzene rings is 1. The first-order valence-electron chi connectivity index (χ1n) is 5.13. The molecule has 2 heterocycles. The SMILES string of the molecule is NCc1[nH]cnc1-c1ccc2[nH]c(=O)oc2c1. The first-order chi connectivity index (χ1) is 8.28. The van der Waals surface area contributed by atoms with Gasteiger partial charge in [0.05, 0.1) is 23.2 Å². The monoisotopic (exact) mass is 230 g/mol. The zero-order valence-electron chi connectivity index (χ0n) is 8.86. The molecule has 2 aromatic heterocycles. The molecule has 0 unspecified atom stereocenters. The van der Waals surface area contributed by atoms with E-state index >= 15 is 0 Å². The topological polar surface area (TPSA) is 101 Å². The predicted octanol–water partition coefficient (Wildman–Crippen LogP) is 0.970. The molecule has 17 heavy (non-hydrogen) atoms. The quantitative estimate of drug-likeness (QED) is 0.610. The highest BCUT2D eigenvalue weighted by atomic mass is 16.4. The molecule has 6 nitrogen and oxygen atoms in total. The summed E-state index contributed by atoms with van der Waals surface area (Å²) in [6, 6.07) is 5.41. The van der Waals surface area contributed by atoms with Gasteiger partial charge in [-0.05, 0) is 12.1 Å². The van der Waals surface area contributed by atoms with E-state index < -0.39 is 5.76 Å². The van der Waals surface area contributed by atoms with Gasteiger partial charge < -0.3 is 15.1 Å². The Morgan fingerprint density at radius 2 is 2.29 bits per heavy atom. The van der Waals surface area contributed by atoms with Gasteiger partial charge in [0.1, 0.15) is 0 Å². The summed E-state index contributed by atoms with van der Waals surface area (Å²) in [5.41, 5.74) is 9.27. The molecular formula is C11H10N4O2. The van der Waals surface area contributed by atoms with Crippen LogP contribution in [0.25, 0.3) is 22.4 Å². The van der Waals surface area contributed by atoms with Crippen LogP contribution in [0.4, 0.5) is 0 Å². The standard InChI is InChI=1S/C11H10N4O2/c12-4-8-10(14-5-13-8)6-1-2-7-9(3-6)17-11(16)15-7/h1-3,5H,4,12H2,(H,13,14)(H,15,16). The van der Waals surface area contributed by atoms with Crippen LogP contribution < -0.4 is 11.5 Å². The van der Waals surface area contributed by atoms with Crippen molar-refractivity contribution in [2.45, 2.75) is 6.54 Å². The Morgan fingerprint density at radius 1 is 1.41 bits per heavy atom. The van der Waals surface area contributed by atoms with Gasteiger partial charge >= 0.3 is 5.76 Å². The van der Waals surface area contributed by atoms with Crippen molar-refractivity contribution in [3.63, 3.8) is 0 Å². The van der Waals surface area contributed by atoms with Crippen LogP contribution in [0.3, 0.4) is 0 Å². The predicted molar refractivity (Wildman–Crippen MR) is 62.3 cm³/mol. The van der Waals surface area contributed by atoms with E-state index in [0.29, 0.717) is 17.6 Å². The van der Waals surface area contributed by atoms with E-state index in [9.17, 15) is 4.79 Å². The second-order valence-corrected chi connectivity index (χ2v) is 3.66. The molecule has 3 aromatic rings. The number of H-pyrrole nitrogens is 2. The third-order valence-corrected chi connectivity index (χ3v) is 2.62.